The average Bonchev–Trinajstić information content (AvgIpc) is 2.85. The molecule has 0 bridgehead atoms. The van der Waals surface area contributed by atoms with E-state index in [9.17, 15) is 18.5 Å². The predicted molar refractivity (Wildman–Crippen MR) is 58.2 cm³/mol. The Morgan fingerprint density at radius 3 is 2.58 bits per heavy atom. The fourth-order valence-corrected chi connectivity index (χ4v) is 1.97. The van der Waals surface area contributed by atoms with Gasteiger partial charge in [-0.2, -0.15) is 9.48 Å². The molecule has 0 saturated heterocycles. The van der Waals surface area contributed by atoms with Gasteiger partial charge in [0.1, 0.15) is 6.54 Å². The first-order valence-corrected chi connectivity index (χ1v) is 6.29. The molecule has 2 N–H and O–H groups in total. The summed E-state index contributed by atoms with van der Waals surface area (Å²) in [6.45, 7) is -0.0653. The summed E-state index contributed by atoms with van der Waals surface area (Å²) in [5.74, 6) is -0.618. The van der Waals surface area contributed by atoms with E-state index in [-0.39, 0.29) is 12.4 Å². The summed E-state index contributed by atoms with van der Waals surface area (Å²) in [5, 5.41) is 30.1. The zero-order chi connectivity index (χ0) is 14.2. The number of rotatable bonds is 4. The molecule has 0 aliphatic carbocycles. The van der Waals surface area contributed by atoms with E-state index < -0.39 is 25.7 Å². The van der Waals surface area contributed by atoms with Crippen molar-refractivity contribution in [3.63, 3.8) is 0 Å². The summed E-state index contributed by atoms with van der Waals surface area (Å²) in [5.41, 5.74) is 0. The van der Waals surface area contributed by atoms with Crippen LogP contribution in [0.5, 0.6) is 0 Å². The Kier molecular flexibility index (Phi) is 2.99. The topological polar surface area (TPSA) is 165 Å². The van der Waals surface area contributed by atoms with Crippen molar-refractivity contribution in [3.8, 4) is 0 Å². The van der Waals surface area contributed by atoms with Gasteiger partial charge < -0.3 is 10.1 Å². The van der Waals surface area contributed by atoms with E-state index >= 15 is 0 Å². The van der Waals surface area contributed by atoms with Gasteiger partial charge in [0.2, 0.25) is 14.9 Å². The van der Waals surface area contributed by atoms with Gasteiger partial charge in [-0.1, -0.05) is 0 Å². The Bertz CT molecular complexity index is 730. The molecule has 19 heavy (non-hydrogen) atoms. The number of nitrogens with two attached hydrogens (primary N) is 1. The van der Waals surface area contributed by atoms with E-state index in [1.807, 2.05) is 0 Å². The molecule has 2 rings (SSSR count). The molecule has 0 fully saturated rings. The lowest BCUT2D eigenvalue weighted by atomic mass is 10.6. The van der Waals surface area contributed by atoms with Gasteiger partial charge in [0.15, 0.2) is 5.82 Å². The third-order valence-electron chi connectivity index (χ3n) is 2.04. The highest BCUT2D eigenvalue weighted by atomic mass is 32.2. The van der Waals surface area contributed by atoms with Crippen LogP contribution in [-0.2, 0) is 23.6 Å². The summed E-state index contributed by atoms with van der Waals surface area (Å²) in [6.07, 6.45) is 0.948. The SMILES string of the molecule is Cn1nnc(Cn2cc(S(N)(=O)=O)c([N+](=O)[O-])n2)n1. The Hall–Kier alpha value is -2.41. The first-order valence-electron chi connectivity index (χ1n) is 4.75. The average molecular weight is 288 g/mol. The van der Waals surface area contributed by atoms with Crippen molar-refractivity contribution in [2.45, 2.75) is 11.4 Å². The highest BCUT2D eigenvalue weighted by molar-refractivity contribution is 7.89. The first-order chi connectivity index (χ1) is 8.77. The van der Waals surface area contributed by atoms with Gasteiger partial charge in [-0.3, -0.25) is 0 Å². The van der Waals surface area contributed by atoms with Crippen molar-refractivity contribution in [1.29, 1.82) is 0 Å². The molecule has 2 aromatic rings. The van der Waals surface area contributed by atoms with E-state index in [2.05, 4.69) is 20.5 Å². The third-order valence-corrected chi connectivity index (χ3v) is 2.94. The van der Waals surface area contributed by atoms with Gasteiger partial charge in [0, 0.05) is 0 Å². The molecule has 0 amide bonds. The van der Waals surface area contributed by atoms with E-state index in [0.29, 0.717) is 0 Å². The number of aromatic nitrogens is 6. The second-order valence-corrected chi connectivity index (χ2v) is 5.04. The maximum atomic E-state index is 11.2. The van der Waals surface area contributed by atoms with E-state index in [0.717, 1.165) is 10.9 Å². The molecular formula is C6H8N8O4S. The van der Waals surface area contributed by atoms with Crippen LogP contribution in [-0.4, -0.2) is 43.3 Å². The number of aryl methyl sites for hydroxylation is 1. The number of nitrogens with zero attached hydrogens (tertiary/aromatic N) is 7. The van der Waals surface area contributed by atoms with Crippen molar-refractivity contribution in [1.82, 2.24) is 30.0 Å². The predicted octanol–water partition coefficient (Wildman–Crippen LogP) is -1.99. The Balaban J connectivity index is 2.41. The molecule has 2 aromatic heterocycles. The maximum Gasteiger partial charge on any atom is 0.410 e. The number of hydrogen-bond donors (Lipinski definition) is 1. The summed E-state index contributed by atoms with van der Waals surface area (Å²) in [7, 11) is -2.69. The van der Waals surface area contributed by atoms with E-state index in [4.69, 9.17) is 5.14 Å². The van der Waals surface area contributed by atoms with Gasteiger partial charge in [-0.25, -0.2) is 13.6 Å². The smallest absolute Gasteiger partial charge is 0.358 e. The maximum absolute atomic E-state index is 11.2. The minimum absolute atomic E-state index is 0.0653. The van der Waals surface area contributed by atoms with Crippen molar-refractivity contribution in [2.75, 3.05) is 0 Å². The molecule has 2 heterocycles. The molecule has 0 spiro atoms. The van der Waals surface area contributed by atoms with Gasteiger partial charge in [0.05, 0.1) is 18.3 Å². The zero-order valence-electron chi connectivity index (χ0n) is 9.53. The number of hydrogen-bond acceptors (Lipinski definition) is 8. The van der Waals surface area contributed by atoms with Crippen molar-refractivity contribution in [3.05, 3.63) is 22.1 Å². The van der Waals surface area contributed by atoms with Crippen LogP contribution >= 0.6 is 0 Å². The van der Waals surface area contributed by atoms with E-state index in [1.54, 1.807) is 0 Å². The van der Waals surface area contributed by atoms with Crippen LogP contribution in [0.1, 0.15) is 5.82 Å². The third kappa shape index (κ3) is 2.71. The largest absolute Gasteiger partial charge is 0.410 e. The normalized spacial score (nSPS) is 11.7. The fourth-order valence-electron chi connectivity index (χ4n) is 1.33. The fraction of sp³-hybridized carbons (Fsp3) is 0.333. The molecule has 0 saturated carbocycles. The van der Waals surface area contributed by atoms with Crippen LogP contribution < -0.4 is 5.14 Å². The lowest BCUT2D eigenvalue weighted by Crippen LogP contribution is -2.13. The minimum Gasteiger partial charge on any atom is -0.358 e. The number of nitro groups is 1. The van der Waals surface area contributed by atoms with Crippen LogP contribution in [0.3, 0.4) is 0 Å². The Morgan fingerprint density at radius 1 is 1.47 bits per heavy atom. The minimum atomic E-state index is -4.23. The molecular weight excluding hydrogens is 280 g/mol. The van der Waals surface area contributed by atoms with Gasteiger partial charge in [0.25, 0.3) is 0 Å². The van der Waals surface area contributed by atoms with Crippen LogP contribution in [0.15, 0.2) is 11.1 Å². The van der Waals surface area contributed by atoms with Crippen molar-refractivity contribution in [2.24, 2.45) is 12.2 Å². The van der Waals surface area contributed by atoms with Gasteiger partial charge in [-0.05, 0) is 10.1 Å². The molecule has 13 heteroatoms. The number of primary sulfonamides is 1. The van der Waals surface area contributed by atoms with Crippen LogP contribution in [0.2, 0.25) is 0 Å². The second kappa shape index (κ2) is 4.36. The molecule has 0 unspecified atom stereocenters. The Morgan fingerprint density at radius 2 is 2.16 bits per heavy atom. The Labute approximate surface area is 106 Å². The number of sulfonamides is 1. The van der Waals surface area contributed by atoms with Crippen LogP contribution in [0.4, 0.5) is 5.82 Å². The molecule has 0 radical (unpaired) electrons. The monoisotopic (exact) mass is 288 g/mol. The van der Waals surface area contributed by atoms with Gasteiger partial charge in [-0.15, -0.1) is 10.2 Å². The van der Waals surface area contributed by atoms with Crippen LogP contribution in [0, 0.1) is 10.1 Å². The van der Waals surface area contributed by atoms with Crippen LogP contribution in [0.25, 0.3) is 0 Å². The quantitative estimate of drug-likeness (QED) is 0.498. The van der Waals surface area contributed by atoms with Crippen molar-refractivity contribution >= 4 is 15.8 Å². The summed E-state index contributed by atoms with van der Waals surface area (Å²) in [6, 6.07) is 0. The molecule has 0 atom stereocenters. The van der Waals surface area contributed by atoms with Crippen molar-refractivity contribution < 1.29 is 13.3 Å². The standard InChI is InChI=1S/C6H8N8O4S/c1-12-9-5(8-11-12)3-13-2-4(19(7,17)18)6(10-13)14(15)16/h2H,3H2,1H3,(H2,7,17,18). The first kappa shape index (κ1) is 13.0. The summed E-state index contributed by atoms with van der Waals surface area (Å²) >= 11 is 0. The molecule has 102 valence electrons. The second-order valence-electron chi connectivity index (χ2n) is 3.51. The molecule has 12 nitrogen and oxygen atoms in total. The lowest BCUT2D eigenvalue weighted by molar-refractivity contribution is -0.392. The van der Waals surface area contributed by atoms with Gasteiger partial charge >= 0.3 is 5.82 Å². The molecule has 0 aliphatic heterocycles. The lowest BCUT2D eigenvalue weighted by Gasteiger charge is -1.91. The molecule has 0 aromatic carbocycles. The summed E-state index contributed by atoms with van der Waals surface area (Å²) < 4.78 is 23.4. The van der Waals surface area contributed by atoms with E-state index in [1.165, 1.54) is 11.8 Å². The molecule has 0 aliphatic rings. The number of tetrazole rings is 1. The highest BCUT2D eigenvalue weighted by Crippen LogP contribution is 2.20. The highest BCUT2D eigenvalue weighted by Gasteiger charge is 2.29. The summed E-state index contributed by atoms with van der Waals surface area (Å²) in [4.78, 5) is 10.3. The zero-order valence-corrected chi connectivity index (χ0v) is 10.4.